The maximum Gasteiger partial charge on any atom is 0.0561 e. The van der Waals surface area contributed by atoms with Crippen LogP contribution in [-0.4, -0.2) is 32.3 Å². The molecule has 4 heteroatoms. The van der Waals surface area contributed by atoms with Crippen molar-refractivity contribution in [2.75, 3.05) is 0 Å². The van der Waals surface area contributed by atoms with Crippen molar-refractivity contribution in [1.82, 2.24) is 0 Å². The maximum absolute atomic E-state index is 2.55. The van der Waals surface area contributed by atoms with Crippen molar-refractivity contribution in [3.63, 3.8) is 0 Å². The van der Waals surface area contributed by atoms with E-state index in [2.05, 4.69) is 222 Å². The van der Waals surface area contributed by atoms with Gasteiger partial charge in [0.1, 0.15) is 0 Å². The van der Waals surface area contributed by atoms with Gasteiger partial charge in [-0.15, -0.1) is 0 Å². The molecule has 10 aliphatic rings. The monoisotopic (exact) mass is 852 g/mol. The lowest BCUT2D eigenvalue weighted by Crippen LogP contribution is -2.33. The van der Waals surface area contributed by atoms with Gasteiger partial charge in [-0.05, 0) is 70.6 Å². The van der Waals surface area contributed by atoms with Gasteiger partial charge >= 0.3 is 0 Å². The molecule has 0 aromatic heterocycles. The molecule has 0 spiro atoms. The Morgan fingerprint density at radius 3 is 0.450 bits per heavy atom. The molecular formula is C56H68Si4. The highest BCUT2D eigenvalue weighted by molar-refractivity contribution is 6.77. The smallest absolute Gasteiger partial charge is 0.0561 e. The molecule has 60 heavy (non-hydrogen) atoms. The van der Waals surface area contributed by atoms with Crippen LogP contribution in [0, 0.1) is 0 Å². The largest absolute Gasteiger partial charge is 0.0689 e. The molecule has 0 unspecified atom stereocenters. The van der Waals surface area contributed by atoms with Crippen LogP contribution in [0.1, 0.15) is 66.8 Å². The van der Waals surface area contributed by atoms with Crippen molar-refractivity contribution >= 4 is 56.6 Å². The van der Waals surface area contributed by atoms with E-state index in [0.29, 0.717) is 0 Å². The third-order valence-corrected chi connectivity index (χ3v) is 23.3. The minimum atomic E-state index is -1.48. The van der Waals surface area contributed by atoms with Crippen LogP contribution in [0.15, 0.2) is 146 Å². The molecule has 0 radical (unpaired) electrons. The van der Waals surface area contributed by atoms with E-state index in [-0.39, 0.29) is 0 Å². The van der Waals surface area contributed by atoms with Gasteiger partial charge in [0.25, 0.3) is 0 Å². The molecule has 12 bridgehead atoms. The first-order valence-electron chi connectivity index (χ1n) is 22.4. The average Bonchev–Trinajstić information content (AvgIpc) is 3.19. The molecule has 6 aromatic carbocycles. The SMILES string of the molecule is C[Si]1(C)Cc2ccc(cc2)/C=C/c2ccc(cc2)C[Si](C)(C)Cc2ccc(cc2)C[Si](C)(C)Cc2ccc(cc2)/C=C/c2ccc(cc2)C[Si](C)(C)Cc2ccc(cc2)C1. The van der Waals surface area contributed by atoms with Crippen LogP contribution in [0.3, 0.4) is 0 Å². The molecule has 16 rings (SSSR count). The number of hydrogen-bond acceptors (Lipinski definition) is 0. The summed E-state index contributed by atoms with van der Waals surface area (Å²) in [6.45, 7) is 20.4. The number of rotatable bonds is 0. The van der Waals surface area contributed by atoms with Gasteiger partial charge in [0, 0.05) is 0 Å². The van der Waals surface area contributed by atoms with Crippen LogP contribution >= 0.6 is 0 Å². The lowest BCUT2D eigenvalue weighted by molar-refractivity contribution is 1.18. The second kappa shape index (κ2) is 18.7. The molecule has 0 N–H and O–H groups in total. The zero-order chi connectivity index (χ0) is 42.4. The van der Waals surface area contributed by atoms with Gasteiger partial charge in [0.15, 0.2) is 0 Å². The quantitative estimate of drug-likeness (QED) is 0.134. The van der Waals surface area contributed by atoms with Crippen LogP contribution in [0.25, 0.3) is 24.3 Å². The highest BCUT2D eigenvalue weighted by Crippen LogP contribution is 2.25. The van der Waals surface area contributed by atoms with Gasteiger partial charge in [0.2, 0.25) is 0 Å². The first-order chi connectivity index (χ1) is 28.5. The van der Waals surface area contributed by atoms with Crippen LogP contribution < -0.4 is 0 Å². The van der Waals surface area contributed by atoms with Crippen molar-refractivity contribution in [2.45, 2.75) is 101 Å². The lowest BCUT2D eigenvalue weighted by atomic mass is 10.1. The first-order valence-corrected chi connectivity index (χ1v) is 36.1. The summed E-state index contributed by atoms with van der Waals surface area (Å²) in [7, 11) is -5.93. The molecule has 308 valence electrons. The molecular weight excluding hydrogens is 785 g/mol. The molecule has 0 aliphatic carbocycles. The van der Waals surface area contributed by atoms with Crippen molar-refractivity contribution in [2.24, 2.45) is 0 Å². The van der Waals surface area contributed by atoms with E-state index in [1.54, 1.807) is 0 Å². The Balaban J connectivity index is 1.07. The van der Waals surface area contributed by atoms with E-state index in [9.17, 15) is 0 Å². The van der Waals surface area contributed by atoms with Gasteiger partial charge in [-0.1, -0.05) is 267 Å². The first kappa shape index (κ1) is 43.7. The molecule has 10 aliphatic heterocycles. The normalized spacial score (nSPS) is 18.9. The molecule has 0 amide bonds. The summed E-state index contributed by atoms with van der Waals surface area (Å²) in [6.07, 6.45) is 9.06. The summed E-state index contributed by atoms with van der Waals surface area (Å²) in [5.74, 6) is 0. The zero-order valence-electron chi connectivity index (χ0n) is 37.8. The molecule has 0 fully saturated rings. The Labute approximate surface area is 367 Å². The molecule has 0 saturated heterocycles. The van der Waals surface area contributed by atoms with Crippen molar-refractivity contribution in [3.8, 4) is 0 Å². The fourth-order valence-electron chi connectivity index (χ4n) is 9.59. The Kier molecular flexibility index (Phi) is 13.7. The fourth-order valence-corrected chi connectivity index (χ4v) is 20.8. The molecule has 6 aromatic rings. The van der Waals surface area contributed by atoms with E-state index >= 15 is 0 Å². The lowest BCUT2D eigenvalue weighted by Gasteiger charge is -2.24. The van der Waals surface area contributed by atoms with Crippen LogP contribution in [0.2, 0.25) is 52.4 Å². The van der Waals surface area contributed by atoms with Gasteiger partial charge < -0.3 is 0 Å². The zero-order valence-corrected chi connectivity index (χ0v) is 41.8. The average molecular weight is 854 g/mol. The Morgan fingerprint density at radius 2 is 0.317 bits per heavy atom. The van der Waals surface area contributed by atoms with Gasteiger partial charge in [-0.2, -0.15) is 0 Å². The fraction of sp³-hybridized carbons (Fsp3) is 0.286. The van der Waals surface area contributed by atoms with Gasteiger partial charge in [0.05, 0.1) is 32.3 Å². The number of benzene rings is 6. The second-order valence-corrected chi connectivity index (χ2v) is 41.5. The standard InChI is InChI=1S/C56H68Si4/c1-57(2)37-49-21-13-45(14-22-49)9-10-46-15-23-51(24-16-46)39-59(5,6)43-55-33-35-56(36-34-55)44-60(7,8)40-52-27-19-48(20-28-52)12-11-47-17-25-50(26-18-47)38-58(3,4)42-54-31-29-53(41-57)30-32-54/h9-36H,37-44H2,1-8H3/b10-9+,12-11+. The minimum Gasteiger partial charge on any atom is -0.0689 e. The highest BCUT2D eigenvalue weighted by atomic mass is 28.3. The van der Waals surface area contributed by atoms with E-state index in [1.165, 1.54) is 115 Å². The van der Waals surface area contributed by atoms with Crippen molar-refractivity contribution in [1.29, 1.82) is 0 Å². The van der Waals surface area contributed by atoms with E-state index in [0.717, 1.165) is 0 Å². The highest BCUT2D eigenvalue weighted by Gasteiger charge is 2.26. The summed E-state index contributed by atoms with van der Waals surface area (Å²) in [5.41, 5.74) is 16.9. The van der Waals surface area contributed by atoms with Crippen molar-refractivity contribution in [3.05, 3.63) is 212 Å². The molecule has 0 atom stereocenters. The van der Waals surface area contributed by atoms with E-state index in [4.69, 9.17) is 0 Å². The van der Waals surface area contributed by atoms with Crippen LogP contribution in [0.5, 0.6) is 0 Å². The predicted octanol–water partition coefficient (Wildman–Crippen LogP) is 14.6. The minimum absolute atomic E-state index is 1.20. The second-order valence-electron chi connectivity index (χ2n) is 21.3. The Bertz CT molecular complexity index is 2020. The summed E-state index contributed by atoms with van der Waals surface area (Å²) in [6, 6.07) is 66.3. The molecule has 10 heterocycles. The summed E-state index contributed by atoms with van der Waals surface area (Å²) < 4.78 is 0. The maximum atomic E-state index is 2.55. The van der Waals surface area contributed by atoms with Crippen molar-refractivity contribution < 1.29 is 0 Å². The van der Waals surface area contributed by atoms with Crippen LogP contribution in [0.4, 0.5) is 0 Å². The Hall–Kier alpha value is -4.33. The van der Waals surface area contributed by atoms with Gasteiger partial charge in [-0.3, -0.25) is 0 Å². The summed E-state index contributed by atoms with van der Waals surface area (Å²) in [4.78, 5) is 0. The third kappa shape index (κ3) is 13.3. The third-order valence-electron chi connectivity index (χ3n) is 12.4. The topological polar surface area (TPSA) is 0 Å². The van der Waals surface area contributed by atoms with Gasteiger partial charge in [-0.25, -0.2) is 0 Å². The van der Waals surface area contributed by atoms with E-state index < -0.39 is 32.3 Å². The van der Waals surface area contributed by atoms with Crippen LogP contribution in [-0.2, 0) is 48.4 Å². The molecule has 0 nitrogen and oxygen atoms in total. The Morgan fingerprint density at radius 1 is 0.200 bits per heavy atom. The number of hydrogen-bond donors (Lipinski definition) is 0. The summed E-state index contributed by atoms with van der Waals surface area (Å²) in [5, 5.41) is 0. The molecule has 0 saturated carbocycles. The summed E-state index contributed by atoms with van der Waals surface area (Å²) >= 11 is 0. The predicted molar refractivity (Wildman–Crippen MR) is 276 cm³/mol. The van der Waals surface area contributed by atoms with E-state index in [1.807, 2.05) is 0 Å².